The van der Waals surface area contributed by atoms with E-state index in [4.69, 9.17) is 0 Å². The van der Waals surface area contributed by atoms with Gasteiger partial charge in [-0.2, -0.15) is 4.57 Å². The second kappa shape index (κ2) is 8.86. The SMILES string of the molecule is CCN(CC)C(=O)c1ccc[n+](-c2ccc([N+](=O)[O-])cc2[N+](=O)[O-])c1.[Cl-]. The number of hydrogen-bond donors (Lipinski definition) is 0. The Balaban J connectivity index is 0.00000338. The molecule has 1 heterocycles. The number of carbonyl (C=O) groups is 1. The molecule has 0 fully saturated rings. The maximum atomic E-state index is 12.4. The van der Waals surface area contributed by atoms with Crippen LogP contribution in [0.15, 0.2) is 42.7 Å². The van der Waals surface area contributed by atoms with E-state index in [1.165, 1.54) is 22.9 Å². The molecule has 0 unspecified atom stereocenters. The summed E-state index contributed by atoms with van der Waals surface area (Å²) in [5.74, 6) is -0.191. The van der Waals surface area contributed by atoms with Gasteiger partial charge in [0, 0.05) is 31.3 Å². The van der Waals surface area contributed by atoms with E-state index in [-0.39, 0.29) is 29.7 Å². The van der Waals surface area contributed by atoms with Crippen molar-refractivity contribution in [2.75, 3.05) is 13.1 Å². The number of aromatic nitrogens is 1. The van der Waals surface area contributed by atoms with Gasteiger partial charge in [-0.3, -0.25) is 25.0 Å². The molecule has 0 radical (unpaired) electrons. The van der Waals surface area contributed by atoms with Gasteiger partial charge in [-0.1, -0.05) is 0 Å². The van der Waals surface area contributed by atoms with E-state index in [1.807, 2.05) is 13.8 Å². The summed E-state index contributed by atoms with van der Waals surface area (Å²) in [5, 5.41) is 22.1. The van der Waals surface area contributed by atoms with Crippen molar-refractivity contribution in [2.24, 2.45) is 0 Å². The summed E-state index contributed by atoms with van der Waals surface area (Å²) in [6.45, 7) is 4.81. The van der Waals surface area contributed by atoms with E-state index in [0.29, 0.717) is 18.7 Å². The van der Waals surface area contributed by atoms with Crippen molar-refractivity contribution < 1.29 is 31.6 Å². The molecule has 0 aliphatic heterocycles. The van der Waals surface area contributed by atoms with Crippen LogP contribution in [0.2, 0.25) is 0 Å². The number of non-ortho nitro benzene ring substituents is 1. The zero-order valence-electron chi connectivity index (χ0n) is 14.2. The molecule has 0 N–H and O–H groups in total. The zero-order chi connectivity index (χ0) is 18.6. The van der Waals surface area contributed by atoms with E-state index in [9.17, 15) is 25.0 Å². The molecule has 138 valence electrons. The summed E-state index contributed by atoms with van der Waals surface area (Å²) in [6, 6.07) is 6.60. The van der Waals surface area contributed by atoms with Crippen molar-refractivity contribution in [1.82, 2.24) is 4.90 Å². The van der Waals surface area contributed by atoms with Crippen molar-refractivity contribution in [3.63, 3.8) is 0 Å². The van der Waals surface area contributed by atoms with Crippen LogP contribution < -0.4 is 17.0 Å². The van der Waals surface area contributed by atoms with E-state index >= 15 is 0 Å². The first-order chi connectivity index (χ1) is 11.9. The van der Waals surface area contributed by atoms with Crippen molar-refractivity contribution in [3.05, 3.63) is 68.5 Å². The summed E-state index contributed by atoms with van der Waals surface area (Å²) in [4.78, 5) is 34.8. The molecule has 2 aromatic rings. The third kappa shape index (κ3) is 4.31. The highest BCUT2D eigenvalue weighted by atomic mass is 35.5. The molecule has 10 heteroatoms. The molecule has 0 saturated heterocycles. The topological polar surface area (TPSA) is 110 Å². The van der Waals surface area contributed by atoms with Gasteiger partial charge in [0.15, 0.2) is 12.4 Å². The van der Waals surface area contributed by atoms with Crippen LogP contribution in [-0.4, -0.2) is 33.7 Å². The lowest BCUT2D eigenvalue weighted by atomic mass is 10.2. The quantitative estimate of drug-likeness (QED) is 0.372. The van der Waals surface area contributed by atoms with Crippen molar-refractivity contribution in [3.8, 4) is 5.69 Å². The molecule has 0 atom stereocenters. The van der Waals surface area contributed by atoms with Crippen LogP contribution in [0.25, 0.3) is 5.69 Å². The minimum absolute atomic E-state index is 0. The van der Waals surface area contributed by atoms with Gasteiger partial charge in [0.25, 0.3) is 17.3 Å². The van der Waals surface area contributed by atoms with Gasteiger partial charge >= 0.3 is 5.69 Å². The smallest absolute Gasteiger partial charge is 0.347 e. The minimum Gasteiger partial charge on any atom is -1.00 e. The van der Waals surface area contributed by atoms with Crippen LogP contribution in [0.3, 0.4) is 0 Å². The van der Waals surface area contributed by atoms with E-state index in [2.05, 4.69) is 0 Å². The van der Waals surface area contributed by atoms with Gasteiger partial charge in [0.2, 0.25) is 0 Å². The lowest BCUT2D eigenvalue weighted by Gasteiger charge is -2.17. The predicted molar refractivity (Wildman–Crippen MR) is 88.5 cm³/mol. The molecular weight excluding hydrogens is 364 g/mol. The minimum atomic E-state index is -0.693. The number of nitro groups is 2. The number of hydrogen-bond acceptors (Lipinski definition) is 5. The highest BCUT2D eigenvalue weighted by Crippen LogP contribution is 2.24. The van der Waals surface area contributed by atoms with Gasteiger partial charge in [-0.15, -0.1) is 0 Å². The van der Waals surface area contributed by atoms with Gasteiger partial charge in [-0.05, 0) is 19.9 Å². The first kappa shape index (κ1) is 21.0. The number of amides is 1. The fourth-order valence-corrected chi connectivity index (χ4v) is 2.44. The van der Waals surface area contributed by atoms with Crippen LogP contribution in [-0.2, 0) is 0 Å². The third-order valence-electron chi connectivity index (χ3n) is 3.74. The van der Waals surface area contributed by atoms with Crippen LogP contribution in [0.5, 0.6) is 0 Å². The predicted octanol–water partition coefficient (Wildman–Crippen LogP) is -0.734. The molecule has 1 amide bonds. The summed E-state index contributed by atoms with van der Waals surface area (Å²) in [5.41, 5.74) is -0.262. The molecule has 0 aliphatic carbocycles. The Kier molecular flexibility index (Phi) is 7.15. The van der Waals surface area contributed by atoms with E-state index in [0.717, 1.165) is 6.07 Å². The number of halogens is 1. The molecule has 1 aromatic heterocycles. The van der Waals surface area contributed by atoms with Crippen LogP contribution in [0, 0.1) is 20.2 Å². The summed E-state index contributed by atoms with van der Waals surface area (Å²) < 4.78 is 1.42. The average molecular weight is 381 g/mol. The Hall–Kier alpha value is -3.07. The molecule has 2 rings (SSSR count). The molecule has 0 aliphatic rings. The Labute approximate surface area is 155 Å². The molecule has 1 aromatic carbocycles. The first-order valence-corrected chi connectivity index (χ1v) is 7.62. The Morgan fingerprint density at radius 1 is 1.12 bits per heavy atom. The number of pyridine rings is 1. The van der Waals surface area contributed by atoms with Gasteiger partial charge < -0.3 is 17.3 Å². The fraction of sp³-hybridized carbons (Fsp3) is 0.250. The van der Waals surface area contributed by atoms with Crippen LogP contribution in [0.1, 0.15) is 24.2 Å². The standard InChI is InChI=1S/C16H17N4O5.ClH/c1-3-17(4-2)16(21)12-6-5-9-18(11-12)14-8-7-13(19(22)23)10-15(14)20(24)25;/h5-11H,3-4H2,1-2H3;1H/q+1;/p-1. The highest BCUT2D eigenvalue weighted by molar-refractivity contribution is 5.93. The normalized spacial score (nSPS) is 9.92. The summed E-state index contributed by atoms with van der Waals surface area (Å²) >= 11 is 0. The van der Waals surface area contributed by atoms with Crippen LogP contribution >= 0.6 is 0 Å². The van der Waals surface area contributed by atoms with Crippen molar-refractivity contribution in [2.45, 2.75) is 13.8 Å². The largest absolute Gasteiger partial charge is 1.00 e. The van der Waals surface area contributed by atoms with Gasteiger partial charge in [0.05, 0.1) is 9.85 Å². The fourth-order valence-electron chi connectivity index (χ4n) is 2.44. The van der Waals surface area contributed by atoms with E-state index in [1.54, 1.807) is 23.2 Å². The zero-order valence-corrected chi connectivity index (χ0v) is 14.9. The Morgan fingerprint density at radius 3 is 2.31 bits per heavy atom. The molecular formula is C16H17ClN4O5. The number of carbonyl (C=O) groups excluding carboxylic acids is 1. The highest BCUT2D eigenvalue weighted by Gasteiger charge is 2.27. The lowest BCUT2D eigenvalue weighted by Crippen LogP contribution is -3.00. The lowest BCUT2D eigenvalue weighted by molar-refractivity contribution is -0.601. The summed E-state index contributed by atoms with van der Waals surface area (Å²) in [6.07, 6.45) is 3.03. The average Bonchev–Trinajstić information content (AvgIpc) is 2.62. The van der Waals surface area contributed by atoms with Crippen molar-refractivity contribution >= 4 is 17.3 Å². The third-order valence-corrected chi connectivity index (χ3v) is 3.74. The maximum absolute atomic E-state index is 12.4. The monoisotopic (exact) mass is 380 g/mol. The summed E-state index contributed by atoms with van der Waals surface area (Å²) in [7, 11) is 0. The molecule has 0 bridgehead atoms. The Bertz CT molecular complexity index is 839. The maximum Gasteiger partial charge on any atom is 0.347 e. The Morgan fingerprint density at radius 2 is 1.77 bits per heavy atom. The molecule has 0 spiro atoms. The molecule has 26 heavy (non-hydrogen) atoms. The number of benzene rings is 1. The van der Waals surface area contributed by atoms with E-state index < -0.39 is 15.5 Å². The van der Waals surface area contributed by atoms with Crippen molar-refractivity contribution in [1.29, 1.82) is 0 Å². The second-order valence-corrected chi connectivity index (χ2v) is 5.16. The number of nitrogens with zero attached hydrogens (tertiary/aromatic N) is 4. The second-order valence-electron chi connectivity index (χ2n) is 5.16. The van der Waals surface area contributed by atoms with Gasteiger partial charge in [0.1, 0.15) is 11.6 Å². The number of rotatable bonds is 6. The molecule has 0 saturated carbocycles. The van der Waals surface area contributed by atoms with Gasteiger partial charge in [-0.25, -0.2) is 0 Å². The van der Waals surface area contributed by atoms with Crippen LogP contribution in [0.4, 0.5) is 11.4 Å². The molecule has 9 nitrogen and oxygen atoms in total. The number of nitro benzene ring substituents is 2. The first-order valence-electron chi connectivity index (χ1n) is 7.62.